The van der Waals surface area contributed by atoms with Gasteiger partial charge < -0.3 is 5.11 Å². The highest BCUT2D eigenvalue weighted by Crippen LogP contribution is 2.20. The number of aliphatic hydroxyl groups is 1. The van der Waals surface area contributed by atoms with E-state index < -0.39 is 5.60 Å². The van der Waals surface area contributed by atoms with Crippen LogP contribution in [-0.2, 0) is 0 Å². The predicted octanol–water partition coefficient (Wildman–Crippen LogP) is 5.01. The molecule has 0 aliphatic heterocycles. The minimum atomic E-state index is -0.483. The van der Waals surface area contributed by atoms with Crippen molar-refractivity contribution in [3.8, 4) is 0 Å². The lowest BCUT2D eigenvalue weighted by atomic mass is 9.94. The van der Waals surface area contributed by atoms with Crippen LogP contribution in [0.15, 0.2) is 23.8 Å². The molecule has 0 aromatic carbocycles. The number of hydrogen-bond donors (Lipinski definition) is 1. The minimum Gasteiger partial charge on any atom is -0.390 e. The Bertz CT molecular complexity index is 248. The zero-order valence-corrected chi connectivity index (χ0v) is 12.2. The maximum atomic E-state index is 10.0. The van der Waals surface area contributed by atoms with Crippen LogP contribution < -0.4 is 0 Å². The first-order valence-corrected chi connectivity index (χ1v) is 6.90. The van der Waals surface area contributed by atoms with Gasteiger partial charge in [0.25, 0.3) is 0 Å². The normalized spacial score (nSPS) is 15.7. The van der Waals surface area contributed by atoms with Crippen LogP contribution in [0, 0.1) is 0 Å². The third kappa shape index (κ3) is 10.3. The van der Waals surface area contributed by atoms with E-state index in [1.807, 2.05) is 6.92 Å². The molecule has 0 radical (unpaired) electrons. The number of allylic oxidation sites excluding steroid dienone is 3. The van der Waals surface area contributed by atoms with Crippen LogP contribution in [0.3, 0.4) is 0 Å². The van der Waals surface area contributed by atoms with Crippen LogP contribution in [0.4, 0.5) is 0 Å². The average molecular weight is 238 g/mol. The minimum absolute atomic E-state index is 0.483. The number of rotatable bonds is 9. The van der Waals surface area contributed by atoms with Crippen molar-refractivity contribution in [3.63, 3.8) is 0 Å². The molecule has 0 saturated heterocycles. The van der Waals surface area contributed by atoms with E-state index in [4.69, 9.17) is 0 Å². The summed E-state index contributed by atoms with van der Waals surface area (Å²) < 4.78 is 0. The van der Waals surface area contributed by atoms with Gasteiger partial charge in [-0.25, -0.2) is 0 Å². The Morgan fingerprint density at radius 1 is 1.24 bits per heavy atom. The molecule has 0 aromatic heterocycles. The van der Waals surface area contributed by atoms with Crippen molar-refractivity contribution in [1.29, 1.82) is 0 Å². The first-order chi connectivity index (χ1) is 7.87. The van der Waals surface area contributed by atoms with Crippen LogP contribution in [-0.4, -0.2) is 10.7 Å². The molecule has 0 aliphatic rings. The van der Waals surface area contributed by atoms with Crippen LogP contribution >= 0.6 is 0 Å². The second kappa shape index (κ2) is 8.52. The van der Waals surface area contributed by atoms with E-state index in [0.29, 0.717) is 0 Å². The molecule has 0 aliphatic carbocycles. The van der Waals surface area contributed by atoms with Gasteiger partial charge >= 0.3 is 0 Å². The summed E-state index contributed by atoms with van der Waals surface area (Å²) in [6.07, 6.45) is 9.57. The molecule has 0 bridgehead atoms. The first kappa shape index (κ1) is 16.4. The van der Waals surface area contributed by atoms with Gasteiger partial charge in [-0.15, -0.1) is 6.58 Å². The highest BCUT2D eigenvalue weighted by atomic mass is 16.3. The molecule has 100 valence electrons. The average Bonchev–Trinajstić information content (AvgIpc) is 2.16. The van der Waals surface area contributed by atoms with Crippen molar-refractivity contribution in [2.24, 2.45) is 0 Å². The molecule has 0 spiro atoms. The quantitative estimate of drug-likeness (QED) is 0.560. The lowest BCUT2D eigenvalue weighted by molar-refractivity contribution is 0.0422. The Morgan fingerprint density at radius 3 is 2.41 bits per heavy atom. The summed E-state index contributed by atoms with van der Waals surface area (Å²) in [4.78, 5) is 0. The summed E-state index contributed by atoms with van der Waals surface area (Å²) in [6, 6.07) is 0. The lowest BCUT2D eigenvalue weighted by Gasteiger charge is -2.21. The monoisotopic (exact) mass is 238 g/mol. The van der Waals surface area contributed by atoms with Crippen LogP contribution in [0.25, 0.3) is 0 Å². The van der Waals surface area contributed by atoms with Gasteiger partial charge in [0.2, 0.25) is 0 Å². The van der Waals surface area contributed by atoms with E-state index in [1.165, 1.54) is 17.6 Å². The van der Waals surface area contributed by atoms with Gasteiger partial charge in [0.15, 0.2) is 0 Å². The molecule has 0 heterocycles. The molecule has 0 aromatic rings. The Balaban J connectivity index is 3.79. The van der Waals surface area contributed by atoms with Crippen molar-refractivity contribution in [1.82, 2.24) is 0 Å². The largest absolute Gasteiger partial charge is 0.390 e. The molecule has 0 rings (SSSR count). The third-order valence-corrected chi connectivity index (χ3v) is 3.14. The van der Waals surface area contributed by atoms with Gasteiger partial charge in [0.1, 0.15) is 0 Å². The van der Waals surface area contributed by atoms with Crippen molar-refractivity contribution in [2.75, 3.05) is 0 Å². The van der Waals surface area contributed by atoms with Crippen molar-refractivity contribution < 1.29 is 5.11 Å². The van der Waals surface area contributed by atoms with E-state index in [-0.39, 0.29) is 0 Å². The molecule has 17 heavy (non-hydrogen) atoms. The fourth-order valence-electron chi connectivity index (χ4n) is 2.06. The molecular weight excluding hydrogens is 208 g/mol. The van der Waals surface area contributed by atoms with Crippen molar-refractivity contribution >= 4 is 0 Å². The molecule has 1 N–H and O–H groups in total. The second-order valence-electron chi connectivity index (χ2n) is 5.65. The standard InChI is InChI=1S/C16H30O/c1-6-12-16(5,17)13-8-11-15(4)10-7-9-14(2)3/h11,17H,2,6-10,12-13H2,1,3-5H3. The summed E-state index contributed by atoms with van der Waals surface area (Å²) in [5, 5.41) is 10.0. The highest BCUT2D eigenvalue weighted by molar-refractivity contribution is 5.00. The molecule has 1 nitrogen and oxygen atoms in total. The fraction of sp³-hybridized carbons (Fsp3) is 0.750. The fourth-order valence-corrected chi connectivity index (χ4v) is 2.06. The Labute approximate surface area is 108 Å². The van der Waals surface area contributed by atoms with Gasteiger partial charge in [0, 0.05) is 0 Å². The molecular formula is C16H30O. The zero-order valence-electron chi connectivity index (χ0n) is 12.2. The van der Waals surface area contributed by atoms with Gasteiger partial charge in [-0.1, -0.05) is 30.6 Å². The maximum absolute atomic E-state index is 10.0. The third-order valence-electron chi connectivity index (χ3n) is 3.14. The Hall–Kier alpha value is -0.560. The topological polar surface area (TPSA) is 20.2 Å². The Morgan fingerprint density at radius 2 is 1.88 bits per heavy atom. The van der Waals surface area contributed by atoms with E-state index in [0.717, 1.165) is 38.5 Å². The van der Waals surface area contributed by atoms with E-state index >= 15 is 0 Å². The van der Waals surface area contributed by atoms with Gasteiger partial charge in [-0.2, -0.15) is 0 Å². The summed E-state index contributed by atoms with van der Waals surface area (Å²) in [5.41, 5.74) is 2.23. The van der Waals surface area contributed by atoms with Crippen LogP contribution in [0.5, 0.6) is 0 Å². The van der Waals surface area contributed by atoms with Crippen LogP contribution in [0.1, 0.15) is 72.6 Å². The predicted molar refractivity (Wildman–Crippen MR) is 77.2 cm³/mol. The molecule has 0 fully saturated rings. The van der Waals surface area contributed by atoms with Crippen molar-refractivity contribution in [2.45, 2.75) is 78.2 Å². The second-order valence-corrected chi connectivity index (χ2v) is 5.65. The molecule has 1 unspecified atom stereocenters. The van der Waals surface area contributed by atoms with E-state index in [2.05, 4.69) is 33.4 Å². The maximum Gasteiger partial charge on any atom is 0.0622 e. The van der Waals surface area contributed by atoms with Gasteiger partial charge in [0.05, 0.1) is 5.60 Å². The van der Waals surface area contributed by atoms with Gasteiger partial charge in [-0.3, -0.25) is 0 Å². The van der Waals surface area contributed by atoms with E-state index in [1.54, 1.807) is 0 Å². The lowest BCUT2D eigenvalue weighted by Crippen LogP contribution is -2.22. The zero-order chi connectivity index (χ0) is 13.3. The molecule has 1 atom stereocenters. The SMILES string of the molecule is C=C(C)CCCC(C)=CCCC(C)(O)CCC. The smallest absolute Gasteiger partial charge is 0.0622 e. The highest BCUT2D eigenvalue weighted by Gasteiger charge is 2.17. The van der Waals surface area contributed by atoms with Crippen molar-refractivity contribution in [3.05, 3.63) is 23.8 Å². The summed E-state index contributed by atoms with van der Waals surface area (Å²) in [5.74, 6) is 0. The van der Waals surface area contributed by atoms with E-state index in [9.17, 15) is 5.11 Å². The number of hydrogen-bond acceptors (Lipinski definition) is 1. The summed E-state index contributed by atoms with van der Waals surface area (Å²) >= 11 is 0. The Kier molecular flexibility index (Phi) is 8.24. The molecule has 1 heteroatoms. The first-order valence-electron chi connectivity index (χ1n) is 6.90. The summed E-state index contributed by atoms with van der Waals surface area (Å²) in [6.45, 7) is 12.2. The van der Waals surface area contributed by atoms with Gasteiger partial charge in [-0.05, 0) is 59.3 Å². The summed E-state index contributed by atoms with van der Waals surface area (Å²) in [7, 11) is 0. The van der Waals surface area contributed by atoms with Crippen LogP contribution in [0.2, 0.25) is 0 Å². The molecule has 0 amide bonds. The molecule has 0 saturated carbocycles.